The second kappa shape index (κ2) is 12.5. The first-order valence-corrected chi connectivity index (χ1v) is 13.5. The zero-order chi connectivity index (χ0) is 28.9. The Labute approximate surface area is 232 Å². The highest BCUT2D eigenvalue weighted by atomic mass is 19.4. The van der Waals surface area contributed by atoms with Crippen molar-refractivity contribution in [2.75, 3.05) is 23.7 Å². The molecule has 1 saturated heterocycles. The number of hydrogen-bond donors (Lipinski definition) is 1. The molecule has 3 aromatic rings. The number of carbonyl (C=O) groups is 1. The van der Waals surface area contributed by atoms with Crippen LogP contribution >= 0.6 is 0 Å². The number of Topliss-reactive ketones (excluding diaryl/α,β-unsaturated/α-hetero) is 1. The third-order valence-electron chi connectivity index (χ3n) is 7.21. The van der Waals surface area contributed by atoms with E-state index >= 15 is 0 Å². The van der Waals surface area contributed by atoms with Gasteiger partial charge in [-0.2, -0.15) is 13.2 Å². The minimum absolute atomic E-state index is 0.0374. The number of piperidine rings is 1. The molecule has 3 heterocycles. The number of nitrogens with zero attached hydrogens (tertiary/aromatic N) is 3. The van der Waals surface area contributed by atoms with E-state index < -0.39 is 11.7 Å². The average molecular weight is 553 g/mol. The van der Waals surface area contributed by atoms with E-state index in [0.717, 1.165) is 48.2 Å². The zero-order valence-electron chi connectivity index (χ0n) is 22.9. The molecule has 1 fully saturated rings. The molecule has 212 valence electrons. The van der Waals surface area contributed by atoms with Gasteiger partial charge in [0.15, 0.2) is 17.3 Å². The molecule has 0 bridgehead atoms. The number of ketones is 1. The Morgan fingerprint density at radius 1 is 1.25 bits per heavy atom. The van der Waals surface area contributed by atoms with Gasteiger partial charge in [0.05, 0.1) is 5.56 Å². The summed E-state index contributed by atoms with van der Waals surface area (Å²) in [7, 11) is 0. The molecule has 4 rings (SSSR count). The number of hydrogen-bond acceptors (Lipinski definition) is 6. The number of anilines is 2. The summed E-state index contributed by atoms with van der Waals surface area (Å²) >= 11 is 0. The quantitative estimate of drug-likeness (QED) is 0.160. The monoisotopic (exact) mass is 552 g/mol. The maximum atomic E-state index is 13.0. The van der Waals surface area contributed by atoms with Crippen molar-refractivity contribution in [1.82, 2.24) is 9.97 Å². The van der Waals surface area contributed by atoms with Crippen LogP contribution in [-0.4, -0.2) is 28.8 Å². The molecule has 2 N–H and O–H groups in total. The fourth-order valence-electron chi connectivity index (χ4n) is 4.97. The molecule has 1 aromatic carbocycles. The lowest BCUT2D eigenvalue weighted by Gasteiger charge is -2.32. The van der Waals surface area contributed by atoms with Gasteiger partial charge < -0.3 is 15.1 Å². The van der Waals surface area contributed by atoms with Crippen molar-refractivity contribution in [2.24, 2.45) is 5.92 Å². The first kappa shape index (κ1) is 29.1. The number of rotatable bonds is 10. The lowest BCUT2D eigenvalue weighted by atomic mass is 9.90. The molecular weight excluding hydrogens is 517 g/mol. The highest BCUT2D eigenvalue weighted by Gasteiger charge is 2.31. The largest absolute Gasteiger partial charge is 0.440 e. The third kappa shape index (κ3) is 7.20. The van der Waals surface area contributed by atoms with E-state index in [1.807, 2.05) is 17.0 Å². The fourth-order valence-corrected chi connectivity index (χ4v) is 4.97. The lowest BCUT2D eigenvalue weighted by molar-refractivity contribution is -0.137. The van der Waals surface area contributed by atoms with Crippen LogP contribution in [0.15, 0.2) is 71.3 Å². The highest BCUT2D eigenvalue weighted by molar-refractivity contribution is 5.98. The number of carbonyl (C=O) groups excluding carboxylic acids is 1. The molecule has 0 spiro atoms. The van der Waals surface area contributed by atoms with Crippen LogP contribution in [-0.2, 0) is 17.4 Å². The van der Waals surface area contributed by atoms with E-state index in [1.165, 1.54) is 6.07 Å². The first-order valence-electron chi connectivity index (χ1n) is 13.5. The van der Waals surface area contributed by atoms with Crippen LogP contribution in [0.5, 0.6) is 0 Å². The van der Waals surface area contributed by atoms with Gasteiger partial charge in [0, 0.05) is 49.0 Å². The summed E-state index contributed by atoms with van der Waals surface area (Å²) in [5.41, 5.74) is 8.98. The van der Waals surface area contributed by atoms with Crippen LogP contribution in [0.2, 0.25) is 0 Å². The van der Waals surface area contributed by atoms with Crippen LogP contribution in [0, 0.1) is 5.92 Å². The summed E-state index contributed by atoms with van der Waals surface area (Å²) in [4.78, 5) is 23.5. The number of fused-ring (bicyclic) bond motifs is 1. The zero-order valence-corrected chi connectivity index (χ0v) is 22.9. The minimum atomic E-state index is -4.39. The van der Waals surface area contributed by atoms with Crippen molar-refractivity contribution < 1.29 is 22.4 Å². The number of nitrogens with two attached hydrogens (primary N) is 1. The van der Waals surface area contributed by atoms with Gasteiger partial charge in [0.25, 0.3) is 0 Å². The summed E-state index contributed by atoms with van der Waals surface area (Å²) in [6.45, 7) is 9.29. The summed E-state index contributed by atoms with van der Waals surface area (Å²) < 4.78 is 44.4. The topological polar surface area (TPSA) is 85.2 Å². The van der Waals surface area contributed by atoms with Gasteiger partial charge in [0.2, 0.25) is 0 Å². The molecule has 0 amide bonds. The molecule has 0 unspecified atom stereocenters. The molecule has 6 nitrogen and oxygen atoms in total. The fraction of sp³-hybridized carbons (Fsp3) is 0.387. The van der Waals surface area contributed by atoms with E-state index in [-0.39, 0.29) is 11.7 Å². The van der Waals surface area contributed by atoms with Gasteiger partial charge in [-0.1, -0.05) is 44.7 Å². The van der Waals surface area contributed by atoms with Crippen molar-refractivity contribution in [1.29, 1.82) is 0 Å². The minimum Gasteiger partial charge on any atom is -0.440 e. The number of aromatic nitrogens is 2. The van der Waals surface area contributed by atoms with Gasteiger partial charge in [-0.3, -0.25) is 4.79 Å². The molecule has 1 aliphatic rings. The van der Waals surface area contributed by atoms with E-state index in [4.69, 9.17) is 10.2 Å². The maximum absolute atomic E-state index is 13.0. The van der Waals surface area contributed by atoms with Crippen molar-refractivity contribution >= 4 is 28.4 Å². The summed E-state index contributed by atoms with van der Waals surface area (Å²) in [6.07, 6.45) is 6.75. The van der Waals surface area contributed by atoms with Gasteiger partial charge in [-0.15, -0.1) is 0 Å². The summed E-state index contributed by atoms with van der Waals surface area (Å²) in [5.74, 6) is 1.75. The number of alkyl halides is 3. The van der Waals surface area contributed by atoms with E-state index in [9.17, 15) is 18.0 Å². The molecule has 0 saturated carbocycles. The lowest BCUT2D eigenvalue weighted by Crippen LogP contribution is -2.34. The molecule has 1 aliphatic heterocycles. The van der Waals surface area contributed by atoms with Gasteiger partial charge in [-0.25, -0.2) is 9.97 Å². The molecule has 0 atom stereocenters. The SMILES string of the molecule is C=C/C=C(\C=C/Cc1nc2cc(N)cc(C(C)C)c2o1)C(=O)CCC1CCN(c2ccc(C(F)(F)F)cn2)CC1. The normalized spacial score (nSPS) is 15.4. The van der Waals surface area contributed by atoms with Crippen LogP contribution in [0.25, 0.3) is 11.1 Å². The predicted molar refractivity (Wildman–Crippen MR) is 152 cm³/mol. The third-order valence-corrected chi connectivity index (χ3v) is 7.21. The average Bonchev–Trinajstić information content (AvgIpc) is 3.33. The molecule has 9 heteroatoms. The molecular formula is C31H35F3N4O2. The number of pyridine rings is 1. The maximum Gasteiger partial charge on any atom is 0.417 e. The summed E-state index contributed by atoms with van der Waals surface area (Å²) in [5, 5.41) is 0. The van der Waals surface area contributed by atoms with E-state index in [2.05, 4.69) is 30.4 Å². The predicted octanol–water partition coefficient (Wildman–Crippen LogP) is 7.42. The van der Waals surface area contributed by atoms with Crippen molar-refractivity contribution in [3.63, 3.8) is 0 Å². The number of allylic oxidation sites excluding steroid dienone is 5. The van der Waals surface area contributed by atoms with Crippen LogP contribution in [0.4, 0.5) is 24.7 Å². The second-order valence-electron chi connectivity index (χ2n) is 10.5. The van der Waals surface area contributed by atoms with Crippen LogP contribution in [0.3, 0.4) is 0 Å². The summed E-state index contributed by atoms with van der Waals surface area (Å²) in [6, 6.07) is 6.20. The van der Waals surface area contributed by atoms with Gasteiger partial charge >= 0.3 is 6.18 Å². The smallest absolute Gasteiger partial charge is 0.417 e. The van der Waals surface area contributed by atoms with E-state index in [0.29, 0.717) is 54.8 Å². The van der Waals surface area contributed by atoms with Crippen LogP contribution < -0.4 is 10.6 Å². The Bertz CT molecular complexity index is 1400. The van der Waals surface area contributed by atoms with Gasteiger partial charge in [0.1, 0.15) is 11.3 Å². The molecule has 0 aliphatic carbocycles. The Hall–Kier alpha value is -3.88. The second-order valence-corrected chi connectivity index (χ2v) is 10.5. The molecule has 0 radical (unpaired) electrons. The Balaban J connectivity index is 1.29. The highest BCUT2D eigenvalue weighted by Crippen LogP contribution is 2.31. The van der Waals surface area contributed by atoms with Crippen LogP contribution in [0.1, 0.15) is 62.5 Å². The van der Waals surface area contributed by atoms with Gasteiger partial charge in [-0.05, 0) is 55.4 Å². The van der Waals surface area contributed by atoms with E-state index in [1.54, 1.807) is 24.3 Å². The number of halogens is 3. The molecule has 2 aromatic heterocycles. The van der Waals surface area contributed by atoms with Crippen molar-refractivity contribution in [3.8, 4) is 0 Å². The van der Waals surface area contributed by atoms with Crippen molar-refractivity contribution in [3.05, 3.63) is 83.9 Å². The van der Waals surface area contributed by atoms with Crippen molar-refractivity contribution in [2.45, 2.75) is 58.0 Å². The Morgan fingerprint density at radius 2 is 2.00 bits per heavy atom. The Morgan fingerprint density at radius 3 is 2.62 bits per heavy atom. The number of oxazole rings is 1. The first-order chi connectivity index (χ1) is 19.0. The number of nitrogen functional groups attached to an aromatic ring is 1. The number of benzene rings is 1. The molecule has 40 heavy (non-hydrogen) atoms. The Kier molecular flexibility index (Phi) is 9.12. The standard InChI is InChI=1S/C31H35F3N4O2/c1-4-6-22(7-5-8-29-37-26-18-24(35)17-25(20(2)3)30(26)40-29)27(39)11-9-21-13-15-38(16-14-21)28-12-10-23(19-36-28)31(32,33)34/h4-7,10,12,17-21H,1,8-9,11,13-16,35H2,2-3H3/b7-5-,22-6+.